The summed E-state index contributed by atoms with van der Waals surface area (Å²) in [4.78, 5) is 0. The molecular weight excluding hydrogens is 288 g/mol. The number of hydrogen-bond donors (Lipinski definition) is 0. The van der Waals surface area contributed by atoms with Crippen molar-refractivity contribution in [2.45, 2.75) is 7.43 Å². The normalized spacial score (nSPS) is 7.29. The first-order chi connectivity index (χ1) is 6.24. The van der Waals surface area contributed by atoms with Gasteiger partial charge < -0.3 is 0 Å². The van der Waals surface area contributed by atoms with E-state index in [1.165, 1.54) is 5.08 Å². The van der Waals surface area contributed by atoms with Gasteiger partial charge in [-0.3, -0.25) is 0 Å². The van der Waals surface area contributed by atoms with E-state index in [4.69, 9.17) is 0 Å². The van der Waals surface area contributed by atoms with Crippen molar-refractivity contribution in [2.75, 3.05) is 42.6 Å². The number of thioether (sulfide) groups is 2. The second kappa shape index (κ2) is 36.3. The molecular formula is C8H24S6. The number of hydrogen-bond acceptors (Lipinski definition) is 6. The summed E-state index contributed by atoms with van der Waals surface area (Å²) in [5, 5.41) is 1.22. The zero-order chi connectivity index (χ0) is 10.9. The summed E-state index contributed by atoms with van der Waals surface area (Å²) >= 11 is 3.73. The van der Waals surface area contributed by atoms with Gasteiger partial charge in [0.2, 0.25) is 0 Å². The highest BCUT2D eigenvalue weighted by atomic mass is 33.1. The zero-order valence-electron chi connectivity index (χ0n) is 9.16. The largest absolute Gasteiger partial charge is 0.155 e. The maximum Gasteiger partial charge on any atom is 0.0386 e. The second-order valence-corrected chi connectivity index (χ2v) is 8.79. The summed E-state index contributed by atoms with van der Waals surface area (Å²) in [5.41, 5.74) is 0. The first-order valence-electron chi connectivity index (χ1n) is 3.36. The topological polar surface area (TPSA) is 0 Å². The average Bonchev–Trinajstić information content (AvgIpc) is 2.20. The molecule has 14 heavy (non-hydrogen) atoms. The van der Waals surface area contributed by atoms with E-state index in [9.17, 15) is 0 Å². The molecule has 0 aromatic carbocycles. The molecule has 0 radical (unpaired) electrons. The lowest BCUT2D eigenvalue weighted by molar-refractivity contribution is 2.20. The predicted molar refractivity (Wildman–Crippen MR) is 92.7 cm³/mol. The molecule has 6 heteroatoms. The van der Waals surface area contributed by atoms with Crippen LogP contribution in [0.3, 0.4) is 0 Å². The van der Waals surface area contributed by atoms with Gasteiger partial charge in [0.25, 0.3) is 0 Å². The van der Waals surface area contributed by atoms with Gasteiger partial charge in [-0.1, -0.05) is 50.6 Å². The highest BCUT2D eigenvalue weighted by molar-refractivity contribution is 8.76. The summed E-state index contributed by atoms with van der Waals surface area (Å²) in [7, 11) is 7.09. The average molecular weight is 313 g/mol. The van der Waals surface area contributed by atoms with Crippen molar-refractivity contribution in [3.63, 3.8) is 0 Å². The van der Waals surface area contributed by atoms with Crippen molar-refractivity contribution >= 4 is 66.7 Å². The van der Waals surface area contributed by atoms with Gasteiger partial charge >= 0.3 is 0 Å². The Kier molecular flexibility index (Phi) is 64.9. The van der Waals surface area contributed by atoms with Gasteiger partial charge in [0.15, 0.2) is 0 Å². The molecule has 0 bridgehead atoms. The Morgan fingerprint density at radius 1 is 0.571 bits per heavy atom. The van der Waals surface area contributed by atoms with Crippen LogP contribution >= 0.6 is 66.7 Å². The molecule has 0 atom stereocenters. The number of rotatable bonds is 4. The summed E-state index contributed by atoms with van der Waals surface area (Å²) in [6, 6.07) is 0. The fourth-order valence-electron chi connectivity index (χ4n) is 0.118. The van der Waals surface area contributed by atoms with Gasteiger partial charge in [-0.05, 0) is 37.5 Å². The highest BCUT2D eigenvalue weighted by Gasteiger charge is 1.67. The molecule has 0 aliphatic heterocycles. The smallest absolute Gasteiger partial charge is 0.0386 e. The third-order valence-corrected chi connectivity index (χ3v) is 5.12. The van der Waals surface area contributed by atoms with Crippen LogP contribution in [0.25, 0.3) is 0 Å². The van der Waals surface area contributed by atoms with E-state index in [-0.39, 0.29) is 7.43 Å². The molecule has 0 spiro atoms. The van der Waals surface area contributed by atoms with Crippen molar-refractivity contribution in [1.82, 2.24) is 0 Å². The minimum absolute atomic E-state index is 0. The molecule has 0 aliphatic rings. The molecule has 0 nitrogen and oxygen atoms in total. The van der Waals surface area contributed by atoms with E-state index in [0.29, 0.717) is 0 Å². The van der Waals surface area contributed by atoms with Gasteiger partial charge in [-0.2, -0.15) is 23.5 Å². The molecule has 0 aliphatic carbocycles. The lowest BCUT2D eigenvalue weighted by Gasteiger charge is -1.80. The predicted octanol–water partition coefficient (Wildman–Crippen LogP) is 5.56. The van der Waals surface area contributed by atoms with Crippen molar-refractivity contribution in [3.8, 4) is 0 Å². The van der Waals surface area contributed by atoms with E-state index in [1.807, 2.05) is 23.5 Å². The minimum atomic E-state index is 0. The Morgan fingerprint density at radius 3 is 0.786 bits per heavy atom. The monoisotopic (exact) mass is 312 g/mol. The van der Waals surface area contributed by atoms with Crippen molar-refractivity contribution in [1.29, 1.82) is 0 Å². The van der Waals surface area contributed by atoms with Crippen LogP contribution in [0.5, 0.6) is 0 Å². The minimum Gasteiger partial charge on any atom is -0.155 e. The molecule has 0 aromatic heterocycles. The molecule has 0 aromatic rings. The summed E-state index contributed by atoms with van der Waals surface area (Å²) < 4.78 is 0. The zero-order valence-corrected chi connectivity index (χ0v) is 14.1. The molecule has 0 heterocycles. The maximum atomic E-state index is 2.11. The quantitative estimate of drug-likeness (QED) is 0.488. The Morgan fingerprint density at radius 2 is 0.786 bits per heavy atom. The van der Waals surface area contributed by atoms with Crippen LogP contribution in [-0.2, 0) is 0 Å². The molecule has 0 saturated carbocycles. The Hall–Kier alpha value is 2.10. The van der Waals surface area contributed by atoms with Gasteiger partial charge in [0.05, 0.1) is 0 Å². The lowest BCUT2D eigenvalue weighted by atomic mass is 11.9. The fourth-order valence-corrected chi connectivity index (χ4v) is 1.06. The summed E-state index contributed by atoms with van der Waals surface area (Å²) in [6.07, 6.45) is 12.5. The third-order valence-electron chi connectivity index (χ3n) is 0.569. The van der Waals surface area contributed by atoms with Crippen LogP contribution in [0.1, 0.15) is 7.43 Å². The fraction of sp³-hybridized carbons (Fsp3) is 1.00. The van der Waals surface area contributed by atoms with Crippen LogP contribution in [0.4, 0.5) is 0 Å². The Labute approximate surface area is 116 Å². The third kappa shape index (κ3) is 65.0. The molecule has 0 amide bonds. The summed E-state index contributed by atoms with van der Waals surface area (Å²) in [6.45, 7) is 0. The maximum absolute atomic E-state index is 2.11. The van der Waals surface area contributed by atoms with Gasteiger partial charge in [0, 0.05) is 5.08 Å². The van der Waals surface area contributed by atoms with Crippen LogP contribution < -0.4 is 0 Å². The van der Waals surface area contributed by atoms with E-state index in [2.05, 4.69) is 37.5 Å². The van der Waals surface area contributed by atoms with E-state index >= 15 is 0 Å². The van der Waals surface area contributed by atoms with Crippen LogP contribution in [0, 0.1) is 0 Å². The molecule has 0 N–H and O–H groups in total. The van der Waals surface area contributed by atoms with Crippen LogP contribution in [-0.4, -0.2) is 42.6 Å². The van der Waals surface area contributed by atoms with Gasteiger partial charge in [0.1, 0.15) is 0 Å². The Bertz CT molecular complexity index is 43.1. The van der Waals surface area contributed by atoms with Gasteiger partial charge in [-0.15, -0.1) is 0 Å². The second-order valence-electron chi connectivity index (χ2n) is 1.36. The molecule has 0 rings (SSSR count). The van der Waals surface area contributed by atoms with Crippen LogP contribution in [0.15, 0.2) is 0 Å². The van der Waals surface area contributed by atoms with Crippen molar-refractivity contribution in [2.24, 2.45) is 0 Å². The van der Waals surface area contributed by atoms with E-state index in [0.717, 1.165) is 0 Å². The van der Waals surface area contributed by atoms with Gasteiger partial charge in [-0.25, -0.2) is 0 Å². The van der Waals surface area contributed by atoms with Crippen molar-refractivity contribution < 1.29 is 0 Å². The van der Waals surface area contributed by atoms with E-state index < -0.39 is 0 Å². The molecule has 0 saturated heterocycles. The SMILES string of the molecule is C.CSCSC.CSSC.CSSC. The van der Waals surface area contributed by atoms with Crippen molar-refractivity contribution in [3.05, 3.63) is 0 Å². The lowest BCUT2D eigenvalue weighted by Crippen LogP contribution is -1.56. The first kappa shape index (κ1) is 25.1. The standard InChI is InChI=1S/C3H8S2.2C2H6S2.CH4/c1-4-3-5-2;2*1-3-4-2;/h3H2,1-2H3;2*1-2H3;1H4. The van der Waals surface area contributed by atoms with Crippen LogP contribution in [0.2, 0.25) is 0 Å². The molecule has 0 fully saturated rings. The molecule has 92 valence electrons. The summed E-state index contributed by atoms with van der Waals surface area (Å²) in [5.74, 6) is 0. The Balaban J connectivity index is -0.0000000522. The molecule has 0 unspecified atom stereocenters. The highest BCUT2D eigenvalue weighted by Crippen LogP contribution is 2.09. The first-order valence-corrected chi connectivity index (χ1v) is 12.1. The van der Waals surface area contributed by atoms with E-state index in [1.54, 1.807) is 43.2 Å².